The van der Waals surface area contributed by atoms with E-state index in [0.29, 0.717) is 22.8 Å². The fourth-order valence-electron chi connectivity index (χ4n) is 2.84. The first-order valence-electron chi connectivity index (χ1n) is 8.11. The number of carbonyl (C=O) groups is 1. The molecule has 5 nitrogen and oxygen atoms in total. The molecule has 0 spiro atoms. The minimum Gasteiger partial charge on any atom is -0.493 e. The van der Waals surface area contributed by atoms with Gasteiger partial charge in [-0.3, -0.25) is 0 Å². The zero-order chi connectivity index (χ0) is 18.5. The second-order valence-corrected chi connectivity index (χ2v) is 5.63. The summed E-state index contributed by atoms with van der Waals surface area (Å²) in [5.41, 5.74) is 1.28. The van der Waals surface area contributed by atoms with Crippen LogP contribution in [-0.4, -0.2) is 27.3 Å². The number of methoxy groups -OCH3 is 3. The van der Waals surface area contributed by atoms with E-state index in [1.165, 1.54) is 21.3 Å². The van der Waals surface area contributed by atoms with Crippen LogP contribution < -0.4 is 14.2 Å². The molecule has 0 amide bonds. The Morgan fingerprint density at radius 3 is 2.15 bits per heavy atom. The van der Waals surface area contributed by atoms with Crippen LogP contribution in [0.25, 0.3) is 10.8 Å². The average molecular weight is 352 g/mol. The van der Waals surface area contributed by atoms with E-state index in [2.05, 4.69) is 0 Å². The van der Waals surface area contributed by atoms with Gasteiger partial charge in [-0.2, -0.15) is 0 Å². The van der Waals surface area contributed by atoms with E-state index in [4.69, 9.17) is 18.9 Å². The van der Waals surface area contributed by atoms with Gasteiger partial charge < -0.3 is 18.9 Å². The fourth-order valence-corrected chi connectivity index (χ4v) is 2.84. The summed E-state index contributed by atoms with van der Waals surface area (Å²) < 4.78 is 21.3. The van der Waals surface area contributed by atoms with E-state index in [1.54, 1.807) is 12.1 Å². The molecule has 0 fully saturated rings. The first-order chi connectivity index (χ1) is 12.7. The van der Waals surface area contributed by atoms with Crippen LogP contribution >= 0.6 is 0 Å². The van der Waals surface area contributed by atoms with E-state index in [-0.39, 0.29) is 6.61 Å². The van der Waals surface area contributed by atoms with Crippen molar-refractivity contribution >= 4 is 16.7 Å². The molecule has 0 aliphatic carbocycles. The van der Waals surface area contributed by atoms with Crippen LogP contribution in [0, 0.1) is 0 Å². The Bertz CT molecular complexity index is 902. The molecule has 26 heavy (non-hydrogen) atoms. The molecule has 0 aliphatic heterocycles. The van der Waals surface area contributed by atoms with Crippen LogP contribution in [0.4, 0.5) is 0 Å². The zero-order valence-electron chi connectivity index (χ0n) is 14.9. The van der Waals surface area contributed by atoms with Crippen molar-refractivity contribution in [1.82, 2.24) is 0 Å². The molecule has 0 aliphatic rings. The van der Waals surface area contributed by atoms with Crippen molar-refractivity contribution in [2.75, 3.05) is 21.3 Å². The summed E-state index contributed by atoms with van der Waals surface area (Å²) in [5.74, 6) is 0.783. The highest BCUT2D eigenvalue weighted by Crippen LogP contribution is 2.38. The summed E-state index contributed by atoms with van der Waals surface area (Å²) >= 11 is 0. The van der Waals surface area contributed by atoms with Crippen LogP contribution in [0.3, 0.4) is 0 Å². The molecule has 0 heterocycles. The lowest BCUT2D eigenvalue weighted by molar-refractivity contribution is 0.0473. The van der Waals surface area contributed by atoms with Crippen LogP contribution in [0.5, 0.6) is 17.2 Å². The van der Waals surface area contributed by atoms with E-state index in [1.807, 2.05) is 42.5 Å². The van der Waals surface area contributed by atoms with Crippen molar-refractivity contribution in [3.05, 3.63) is 65.7 Å². The molecule has 3 rings (SSSR count). The minimum atomic E-state index is -0.461. The van der Waals surface area contributed by atoms with Crippen LogP contribution in [0.15, 0.2) is 54.6 Å². The lowest BCUT2D eigenvalue weighted by atomic mass is 10.1. The first-order valence-corrected chi connectivity index (χ1v) is 8.11. The molecule has 3 aromatic carbocycles. The average Bonchev–Trinajstić information content (AvgIpc) is 2.70. The first kappa shape index (κ1) is 17.6. The third-order valence-corrected chi connectivity index (χ3v) is 4.14. The van der Waals surface area contributed by atoms with Gasteiger partial charge in [-0.25, -0.2) is 4.79 Å². The SMILES string of the molecule is COc1cc(C(=O)OCc2cccc3ccccc23)cc(OC)c1OC. The quantitative estimate of drug-likeness (QED) is 0.622. The van der Waals surface area contributed by atoms with Gasteiger partial charge >= 0.3 is 5.97 Å². The molecule has 0 radical (unpaired) electrons. The van der Waals surface area contributed by atoms with Crippen molar-refractivity contribution < 1.29 is 23.7 Å². The largest absolute Gasteiger partial charge is 0.493 e. The Hall–Kier alpha value is -3.21. The summed E-state index contributed by atoms with van der Waals surface area (Å²) in [7, 11) is 4.52. The summed E-state index contributed by atoms with van der Waals surface area (Å²) in [5, 5.41) is 2.17. The highest BCUT2D eigenvalue weighted by molar-refractivity contribution is 5.91. The number of rotatable bonds is 6. The Morgan fingerprint density at radius 1 is 0.846 bits per heavy atom. The summed E-state index contributed by atoms with van der Waals surface area (Å²) in [4.78, 5) is 12.5. The molecule has 0 unspecified atom stereocenters. The monoisotopic (exact) mass is 352 g/mol. The summed E-state index contributed by atoms with van der Waals surface area (Å²) in [6, 6.07) is 17.1. The smallest absolute Gasteiger partial charge is 0.338 e. The highest BCUT2D eigenvalue weighted by Gasteiger charge is 2.18. The normalized spacial score (nSPS) is 10.4. The zero-order valence-corrected chi connectivity index (χ0v) is 14.9. The molecular weight excluding hydrogens is 332 g/mol. The number of hydrogen-bond acceptors (Lipinski definition) is 5. The fraction of sp³-hybridized carbons (Fsp3) is 0.190. The Balaban J connectivity index is 1.84. The van der Waals surface area contributed by atoms with Gasteiger partial charge in [0.15, 0.2) is 11.5 Å². The molecule has 3 aromatic rings. The van der Waals surface area contributed by atoms with Gasteiger partial charge in [-0.15, -0.1) is 0 Å². The van der Waals surface area contributed by atoms with E-state index in [0.717, 1.165) is 16.3 Å². The Kier molecular flexibility index (Phi) is 5.27. The maximum absolute atomic E-state index is 12.5. The Labute approximate surface area is 152 Å². The molecule has 5 heteroatoms. The number of ether oxygens (including phenoxy) is 4. The standard InChI is InChI=1S/C21H20O5/c1-23-18-11-16(12-19(24-2)20(18)25-3)21(22)26-13-15-9-6-8-14-7-4-5-10-17(14)15/h4-12H,13H2,1-3H3. The van der Waals surface area contributed by atoms with Crippen molar-refractivity contribution in [3.63, 3.8) is 0 Å². The number of esters is 1. The van der Waals surface area contributed by atoms with E-state index in [9.17, 15) is 4.79 Å². The van der Waals surface area contributed by atoms with Gasteiger partial charge in [0.05, 0.1) is 26.9 Å². The number of hydrogen-bond donors (Lipinski definition) is 0. The molecule has 0 saturated heterocycles. The van der Waals surface area contributed by atoms with Crippen molar-refractivity contribution in [1.29, 1.82) is 0 Å². The van der Waals surface area contributed by atoms with Crippen LogP contribution in [-0.2, 0) is 11.3 Å². The lowest BCUT2D eigenvalue weighted by Crippen LogP contribution is -2.07. The molecule has 0 aromatic heterocycles. The number of fused-ring (bicyclic) bond motifs is 1. The molecule has 0 saturated carbocycles. The van der Waals surface area contributed by atoms with Gasteiger partial charge in [-0.1, -0.05) is 42.5 Å². The molecule has 0 bridgehead atoms. The van der Waals surface area contributed by atoms with Crippen molar-refractivity contribution in [2.24, 2.45) is 0 Å². The van der Waals surface area contributed by atoms with E-state index < -0.39 is 5.97 Å². The maximum atomic E-state index is 12.5. The highest BCUT2D eigenvalue weighted by atomic mass is 16.5. The number of carbonyl (C=O) groups excluding carboxylic acids is 1. The third-order valence-electron chi connectivity index (χ3n) is 4.14. The van der Waals surface area contributed by atoms with E-state index >= 15 is 0 Å². The maximum Gasteiger partial charge on any atom is 0.338 e. The third kappa shape index (κ3) is 3.42. The van der Waals surface area contributed by atoms with Gasteiger partial charge in [-0.05, 0) is 28.5 Å². The summed E-state index contributed by atoms with van der Waals surface area (Å²) in [6.07, 6.45) is 0. The van der Waals surface area contributed by atoms with Crippen molar-refractivity contribution in [2.45, 2.75) is 6.61 Å². The molecular formula is C21H20O5. The van der Waals surface area contributed by atoms with Gasteiger partial charge in [0.2, 0.25) is 5.75 Å². The predicted molar refractivity (Wildman–Crippen MR) is 99.2 cm³/mol. The molecule has 0 N–H and O–H groups in total. The molecule has 0 atom stereocenters. The second kappa shape index (κ2) is 7.78. The Morgan fingerprint density at radius 2 is 1.50 bits per heavy atom. The van der Waals surface area contributed by atoms with Crippen LogP contribution in [0.1, 0.15) is 15.9 Å². The summed E-state index contributed by atoms with van der Waals surface area (Å²) in [6.45, 7) is 0.177. The van der Waals surface area contributed by atoms with Crippen LogP contribution in [0.2, 0.25) is 0 Å². The van der Waals surface area contributed by atoms with Gasteiger partial charge in [0, 0.05) is 0 Å². The molecule has 134 valence electrons. The number of benzene rings is 3. The van der Waals surface area contributed by atoms with Gasteiger partial charge in [0.1, 0.15) is 6.61 Å². The lowest BCUT2D eigenvalue weighted by Gasteiger charge is -2.14. The minimum absolute atomic E-state index is 0.177. The van der Waals surface area contributed by atoms with Crippen molar-refractivity contribution in [3.8, 4) is 17.2 Å². The second-order valence-electron chi connectivity index (χ2n) is 5.63. The predicted octanol–water partition coefficient (Wildman–Crippen LogP) is 4.22. The topological polar surface area (TPSA) is 54.0 Å². The van der Waals surface area contributed by atoms with Gasteiger partial charge in [0.25, 0.3) is 0 Å².